The van der Waals surface area contributed by atoms with Crippen molar-refractivity contribution in [1.29, 1.82) is 5.26 Å². The maximum atomic E-state index is 11.7. The second-order valence-electron chi connectivity index (χ2n) is 3.35. The summed E-state index contributed by atoms with van der Waals surface area (Å²) in [5.74, 6) is -0.291. The van der Waals surface area contributed by atoms with Gasteiger partial charge in [-0.05, 0) is 24.8 Å². The quantitative estimate of drug-likeness (QED) is 0.886. The molecule has 1 heterocycles. The van der Waals surface area contributed by atoms with Crippen molar-refractivity contribution in [1.82, 2.24) is 5.32 Å². The number of carbonyl (C=O) groups excluding carboxylic acids is 1. The van der Waals surface area contributed by atoms with Gasteiger partial charge in [-0.25, -0.2) is 0 Å². The first kappa shape index (κ1) is 12.0. The molecular weight excluding hydrogens is 232 g/mol. The molecule has 0 bridgehead atoms. The third kappa shape index (κ3) is 2.71. The third-order valence-corrected chi connectivity index (χ3v) is 3.51. The van der Waals surface area contributed by atoms with E-state index in [0.717, 1.165) is 0 Å². The number of hydrogen-bond donors (Lipinski definition) is 1. The van der Waals surface area contributed by atoms with E-state index >= 15 is 0 Å². The maximum absolute atomic E-state index is 11.7. The summed E-state index contributed by atoms with van der Waals surface area (Å²) in [6.07, 6.45) is 0.554. The summed E-state index contributed by atoms with van der Waals surface area (Å²) in [6, 6.07) is 3.73. The van der Waals surface area contributed by atoms with Gasteiger partial charge in [0.15, 0.2) is 0 Å². The molecule has 1 N–H and O–H groups in total. The number of nitriles is 1. The van der Waals surface area contributed by atoms with Crippen LogP contribution in [0, 0.1) is 11.3 Å². The lowest BCUT2D eigenvalue weighted by molar-refractivity contribution is 0.0927. The smallest absolute Gasteiger partial charge is 0.264 e. The molecule has 1 atom stereocenters. The number of hydrogen-bond acceptors (Lipinski definition) is 3. The SMILES string of the molecule is CCC(C)(C#N)NC(=O)c1sccc1Cl. The monoisotopic (exact) mass is 242 g/mol. The zero-order valence-electron chi connectivity index (χ0n) is 8.50. The number of rotatable bonds is 3. The highest BCUT2D eigenvalue weighted by molar-refractivity contribution is 7.12. The molecule has 1 amide bonds. The van der Waals surface area contributed by atoms with Crippen molar-refractivity contribution in [2.75, 3.05) is 0 Å². The van der Waals surface area contributed by atoms with Crippen LogP contribution < -0.4 is 5.32 Å². The van der Waals surface area contributed by atoms with Crippen LogP contribution in [0.4, 0.5) is 0 Å². The van der Waals surface area contributed by atoms with E-state index in [9.17, 15) is 4.79 Å². The lowest BCUT2D eigenvalue weighted by Gasteiger charge is -2.20. The number of halogens is 1. The molecule has 0 fully saturated rings. The highest BCUT2D eigenvalue weighted by atomic mass is 35.5. The van der Waals surface area contributed by atoms with Gasteiger partial charge < -0.3 is 5.32 Å². The van der Waals surface area contributed by atoms with E-state index in [1.807, 2.05) is 6.92 Å². The number of nitrogens with zero attached hydrogens (tertiary/aromatic N) is 1. The Bertz CT molecular complexity index is 410. The number of nitrogens with one attached hydrogen (secondary N) is 1. The fraction of sp³-hybridized carbons (Fsp3) is 0.400. The van der Waals surface area contributed by atoms with Gasteiger partial charge in [-0.2, -0.15) is 5.26 Å². The van der Waals surface area contributed by atoms with Gasteiger partial charge in [0, 0.05) is 0 Å². The van der Waals surface area contributed by atoms with E-state index < -0.39 is 5.54 Å². The van der Waals surface area contributed by atoms with Crippen molar-refractivity contribution in [3.8, 4) is 6.07 Å². The van der Waals surface area contributed by atoms with E-state index in [2.05, 4.69) is 11.4 Å². The lowest BCUT2D eigenvalue weighted by atomic mass is 10.0. The van der Waals surface area contributed by atoms with Crippen LogP contribution in [0.2, 0.25) is 5.02 Å². The highest BCUT2D eigenvalue weighted by Crippen LogP contribution is 2.22. The summed E-state index contributed by atoms with van der Waals surface area (Å²) in [7, 11) is 0. The van der Waals surface area contributed by atoms with Crippen molar-refractivity contribution < 1.29 is 4.79 Å². The molecule has 0 saturated carbocycles. The Morgan fingerprint density at radius 3 is 2.87 bits per heavy atom. The second-order valence-corrected chi connectivity index (χ2v) is 4.67. The predicted octanol–water partition coefficient (Wildman–Crippen LogP) is 2.82. The summed E-state index contributed by atoms with van der Waals surface area (Å²) in [5, 5.41) is 13.7. The molecule has 0 aliphatic carbocycles. The van der Waals surface area contributed by atoms with Crippen molar-refractivity contribution in [3.05, 3.63) is 21.3 Å². The van der Waals surface area contributed by atoms with Crippen LogP contribution >= 0.6 is 22.9 Å². The molecule has 5 heteroatoms. The largest absolute Gasteiger partial charge is 0.333 e. The molecule has 1 unspecified atom stereocenters. The van der Waals surface area contributed by atoms with Gasteiger partial charge in [0.1, 0.15) is 10.4 Å². The average Bonchev–Trinajstić information content (AvgIpc) is 2.64. The van der Waals surface area contributed by atoms with E-state index in [-0.39, 0.29) is 5.91 Å². The highest BCUT2D eigenvalue weighted by Gasteiger charge is 2.25. The minimum atomic E-state index is -0.829. The minimum Gasteiger partial charge on any atom is -0.333 e. The van der Waals surface area contributed by atoms with Crippen molar-refractivity contribution in [3.63, 3.8) is 0 Å². The summed E-state index contributed by atoms with van der Waals surface area (Å²) >= 11 is 7.08. The first-order valence-electron chi connectivity index (χ1n) is 4.49. The molecule has 3 nitrogen and oxygen atoms in total. The Morgan fingerprint density at radius 1 is 1.80 bits per heavy atom. The normalized spacial score (nSPS) is 14.0. The van der Waals surface area contributed by atoms with Gasteiger partial charge in [0.2, 0.25) is 0 Å². The number of carbonyl (C=O) groups is 1. The standard InChI is InChI=1S/C10H11ClN2OS/c1-3-10(2,6-12)13-9(14)8-7(11)4-5-15-8/h4-5H,3H2,1-2H3,(H,13,14). The zero-order valence-corrected chi connectivity index (χ0v) is 10.1. The Kier molecular flexibility index (Phi) is 3.72. The number of amides is 1. The summed E-state index contributed by atoms with van der Waals surface area (Å²) in [4.78, 5) is 12.2. The first-order valence-corrected chi connectivity index (χ1v) is 5.75. The van der Waals surface area contributed by atoms with Crippen LogP contribution in [0.5, 0.6) is 0 Å². The zero-order chi connectivity index (χ0) is 11.5. The number of thiophene rings is 1. The average molecular weight is 243 g/mol. The summed E-state index contributed by atoms with van der Waals surface area (Å²) < 4.78 is 0. The van der Waals surface area contributed by atoms with E-state index in [0.29, 0.717) is 16.3 Å². The van der Waals surface area contributed by atoms with Crippen LogP contribution in [-0.2, 0) is 0 Å². The fourth-order valence-corrected chi connectivity index (χ4v) is 1.99. The topological polar surface area (TPSA) is 52.9 Å². The molecule has 1 aromatic heterocycles. The molecule has 15 heavy (non-hydrogen) atoms. The van der Waals surface area contributed by atoms with Gasteiger partial charge in [0.05, 0.1) is 11.1 Å². The van der Waals surface area contributed by atoms with E-state index in [4.69, 9.17) is 16.9 Å². The molecular formula is C10H11ClN2OS. The molecule has 0 aliphatic rings. The summed E-state index contributed by atoms with van der Waals surface area (Å²) in [5.41, 5.74) is -0.829. The molecule has 0 saturated heterocycles. The van der Waals surface area contributed by atoms with Crippen molar-refractivity contribution in [2.24, 2.45) is 0 Å². The molecule has 80 valence electrons. The van der Waals surface area contributed by atoms with Crippen LogP contribution in [0.15, 0.2) is 11.4 Å². The van der Waals surface area contributed by atoms with Crippen molar-refractivity contribution >= 4 is 28.8 Å². The minimum absolute atomic E-state index is 0.291. The van der Waals surface area contributed by atoms with Crippen LogP contribution in [0.25, 0.3) is 0 Å². The maximum Gasteiger partial charge on any atom is 0.264 e. The molecule has 1 aromatic rings. The third-order valence-electron chi connectivity index (χ3n) is 2.17. The molecule has 0 aromatic carbocycles. The molecule has 0 radical (unpaired) electrons. The van der Waals surface area contributed by atoms with Gasteiger partial charge in [0.25, 0.3) is 5.91 Å². The lowest BCUT2D eigenvalue weighted by Crippen LogP contribution is -2.44. The van der Waals surface area contributed by atoms with E-state index in [1.165, 1.54) is 11.3 Å². The Hall–Kier alpha value is -1.05. The Morgan fingerprint density at radius 2 is 2.47 bits per heavy atom. The molecule has 0 aliphatic heterocycles. The molecule has 1 rings (SSSR count). The Labute approximate surface area is 97.7 Å². The second kappa shape index (κ2) is 4.65. The summed E-state index contributed by atoms with van der Waals surface area (Å²) in [6.45, 7) is 3.53. The van der Waals surface area contributed by atoms with Gasteiger partial charge in [-0.3, -0.25) is 4.79 Å². The predicted molar refractivity (Wildman–Crippen MR) is 61.1 cm³/mol. The van der Waals surface area contributed by atoms with Crippen LogP contribution in [0.1, 0.15) is 29.9 Å². The van der Waals surface area contributed by atoms with Gasteiger partial charge in [-0.1, -0.05) is 18.5 Å². The van der Waals surface area contributed by atoms with Gasteiger partial charge >= 0.3 is 0 Å². The fourth-order valence-electron chi connectivity index (χ4n) is 0.958. The van der Waals surface area contributed by atoms with Crippen molar-refractivity contribution in [2.45, 2.75) is 25.8 Å². The first-order chi connectivity index (χ1) is 7.02. The molecule has 0 spiro atoms. The Balaban J connectivity index is 2.82. The van der Waals surface area contributed by atoms with Crippen LogP contribution in [-0.4, -0.2) is 11.4 Å². The van der Waals surface area contributed by atoms with Crippen LogP contribution in [0.3, 0.4) is 0 Å². The van der Waals surface area contributed by atoms with Gasteiger partial charge in [-0.15, -0.1) is 11.3 Å². The van der Waals surface area contributed by atoms with E-state index in [1.54, 1.807) is 18.4 Å².